The van der Waals surface area contributed by atoms with E-state index < -0.39 is 11.6 Å². The van der Waals surface area contributed by atoms with Crippen molar-refractivity contribution in [1.29, 1.82) is 0 Å². The van der Waals surface area contributed by atoms with Crippen molar-refractivity contribution in [3.63, 3.8) is 0 Å². The molecule has 1 saturated carbocycles. The number of rotatable bonds is 3. The standard InChI is InChI=1S/C19H18F2O/c1-11(22)17-18(19(17,2)3)13-8-5-4-7-12(13)16-14(20)9-6-10-15(16)21/h4-10,17-18H,1-3H3. The summed E-state index contributed by atoms with van der Waals surface area (Å²) in [5, 5.41) is 0. The normalized spacial score (nSPS) is 22.4. The molecule has 1 aliphatic carbocycles. The maximum Gasteiger partial charge on any atom is 0.134 e. The molecule has 2 aromatic carbocycles. The molecule has 0 aromatic heterocycles. The molecule has 2 unspecified atom stereocenters. The van der Waals surface area contributed by atoms with E-state index in [2.05, 4.69) is 0 Å². The van der Waals surface area contributed by atoms with E-state index in [1.165, 1.54) is 18.2 Å². The van der Waals surface area contributed by atoms with Crippen molar-refractivity contribution in [3.8, 4) is 11.1 Å². The predicted molar refractivity (Wildman–Crippen MR) is 82.5 cm³/mol. The summed E-state index contributed by atoms with van der Waals surface area (Å²) in [6.07, 6.45) is 0. The first kappa shape index (κ1) is 14.9. The van der Waals surface area contributed by atoms with Gasteiger partial charge in [0.2, 0.25) is 0 Å². The lowest BCUT2D eigenvalue weighted by molar-refractivity contribution is -0.118. The molecule has 114 valence electrons. The molecule has 0 bridgehead atoms. The molecule has 0 saturated heterocycles. The summed E-state index contributed by atoms with van der Waals surface area (Å²) in [5.74, 6) is -1.13. The second-order valence-corrected chi connectivity index (χ2v) is 6.57. The number of halogens is 2. The first-order chi connectivity index (χ1) is 10.4. The van der Waals surface area contributed by atoms with Crippen LogP contribution in [0.2, 0.25) is 0 Å². The molecule has 3 rings (SSSR count). The monoisotopic (exact) mass is 300 g/mol. The Labute approximate surface area is 129 Å². The zero-order chi connectivity index (χ0) is 16.1. The van der Waals surface area contributed by atoms with Crippen LogP contribution < -0.4 is 0 Å². The van der Waals surface area contributed by atoms with Crippen molar-refractivity contribution in [2.45, 2.75) is 26.7 Å². The summed E-state index contributed by atoms with van der Waals surface area (Å²) >= 11 is 0. The highest BCUT2D eigenvalue weighted by Gasteiger charge is 2.61. The van der Waals surface area contributed by atoms with Gasteiger partial charge in [-0.25, -0.2) is 8.78 Å². The Hall–Kier alpha value is -2.03. The van der Waals surface area contributed by atoms with E-state index in [1.54, 1.807) is 19.1 Å². The first-order valence-electron chi connectivity index (χ1n) is 7.39. The predicted octanol–water partition coefficient (Wildman–Crippen LogP) is 4.96. The van der Waals surface area contributed by atoms with Gasteiger partial charge in [0.15, 0.2) is 0 Å². The fraction of sp³-hybridized carbons (Fsp3) is 0.316. The minimum atomic E-state index is -0.578. The van der Waals surface area contributed by atoms with Crippen molar-refractivity contribution in [3.05, 3.63) is 59.7 Å². The van der Waals surface area contributed by atoms with Gasteiger partial charge < -0.3 is 0 Å². The van der Waals surface area contributed by atoms with Crippen LogP contribution in [0.1, 0.15) is 32.3 Å². The molecule has 1 fully saturated rings. The van der Waals surface area contributed by atoms with E-state index in [-0.39, 0.29) is 28.6 Å². The average Bonchev–Trinajstić information content (AvgIpc) is 3.02. The minimum absolute atomic E-state index is 0.000191. The quantitative estimate of drug-likeness (QED) is 0.783. The van der Waals surface area contributed by atoms with Gasteiger partial charge in [-0.1, -0.05) is 44.2 Å². The Morgan fingerprint density at radius 3 is 2.14 bits per heavy atom. The maximum atomic E-state index is 14.1. The van der Waals surface area contributed by atoms with Gasteiger partial charge in [-0.15, -0.1) is 0 Å². The summed E-state index contributed by atoms with van der Waals surface area (Å²) in [6, 6.07) is 11.1. The van der Waals surface area contributed by atoms with Gasteiger partial charge in [0, 0.05) is 11.8 Å². The maximum absolute atomic E-state index is 14.1. The number of Topliss-reactive ketones (excluding diaryl/α,β-unsaturated/α-hetero) is 1. The van der Waals surface area contributed by atoms with E-state index in [9.17, 15) is 13.6 Å². The van der Waals surface area contributed by atoms with Crippen LogP contribution in [0.3, 0.4) is 0 Å². The molecule has 0 N–H and O–H groups in total. The van der Waals surface area contributed by atoms with Gasteiger partial charge in [-0.05, 0) is 35.6 Å². The lowest BCUT2D eigenvalue weighted by atomic mass is 9.93. The van der Waals surface area contributed by atoms with Crippen molar-refractivity contribution < 1.29 is 13.6 Å². The third kappa shape index (κ3) is 2.16. The van der Waals surface area contributed by atoms with E-state index in [1.807, 2.05) is 26.0 Å². The van der Waals surface area contributed by atoms with E-state index in [0.717, 1.165) is 5.56 Å². The van der Waals surface area contributed by atoms with Gasteiger partial charge in [-0.2, -0.15) is 0 Å². The van der Waals surface area contributed by atoms with Gasteiger partial charge in [0.25, 0.3) is 0 Å². The number of carbonyl (C=O) groups is 1. The topological polar surface area (TPSA) is 17.1 Å². The number of hydrogen-bond acceptors (Lipinski definition) is 1. The minimum Gasteiger partial charge on any atom is -0.300 e. The van der Waals surface area contributed by atoms with Gasteiger partial charge in [0.05, 0.1) is 5.56 Å². The SMILES string of the molecule is CC(=O)C1C(c2ccccc2-c2c(F)cccc2F)C1(C)C. The van der Waals surface area contributed by atoms with Crippen molar-refractivity contribution >= 4 is 5.78 Å². The molecule has 0 amide bonds. The molecular formula is C19H18F2O. The third-order valence-corrected chi connectivity index (χ3v) is 4.79. The average molecular weight is 300 g/mol. The molecule has 1 nitrogen and oxygen atoms in total. The molecule has 0 aliphatic heterocycles. The zero-order valence-corrected chi connectivity index (χ0v) is 12.9. The van der Waals surface area contributed by atoms with Crippen LogP contribution in [0.5, 0.6) is 0 Å². The van der Waals surface area contributed by atoms with E-state index in [0.29, 0.717) is 5.56 Å². The van der Waals surface area contributed by atoms with Gasteiger partial charge in [-0.3, -0.25) is 4.79 Å². The van der Waals surface area contributed by atoms with E-state index >= 15 is 0 Å². The summed E-state index contributed by atoms with van der Waals surface area (Å²) in [6.45, 7) is 5.63. The first-order valence-corrected chi connectivity index (χ1v) is 7.39. The number of ketones is 1. The summed E-state index contributed by atoms with van der Waals surface area (Å²) < 4.78 is 28.3. The molecule has 2 aromatic rings. The van der Waals surface area contributed by atoms with Crippen LogP contribution in [0.4, 0.5) is 8.78 Å². The molecule has 22 heavy (non-hydrogen) atoms. The van der Waals surface area contributed by atoms with Crippen molar-refractivity contribution in [1.82, 2.24) is 0 Å². The zero-order valence-electron chi connectivity index (χ0n) is 12.9. The Morgan fingerprint density at radius 1 is 1.00 bits per heavy atom. The summed E-state index contributed by atoms with van der Waals surface area (Å²) in [5.41, 5.74) is 1.20. The Bertz CT molecular complexity index is 729. The molecule has 0 radical (unpaired) electrons. The molecule has 3 heteroatoms. The van der Waals surface area contributed by atoms with Crippen molar-refractivity contribution in [2.24, 2.45) is 11.3 Å². The highest BCUT2D eigenvalue weighted by Crippen LogP contribution is 2.65. The van der Waals surface area contributed by atoms with Crippen LogP contribution in [0.25, 0.3) is 11.1 Å². The van der Waals surface area contributed by atoms with E-state index in [4.69, 9.17) is 0 Å². The van der Waals surface area contributed by atoms with Gasteiger partial charge >= 0.3 is 0 Å². The summed E-state index contributed by atoms with van der Waals surface area (Å²) in [4.78, 5) is 11.8. The van der Waals surface area contributed by atoms with Crippen LogP contribution >= 0.6 is 0 Å². The third-order valence-electron chi connectivity index (χ3n) is 4.79. The largest absolute Gasteiger partial charge is 0.300 e. The fourth-order valence-corrected chi connectivity index (χ4v) is 3.73. The molecular weight excluding hydrogens is 282 g/mol. The molecule has 1 aliphatic rings. The number of hydrogen-bond donors (Lipinski definition) is 0. The van der Waals surface area contributed by atoms with Crippen LogP contribution in [0.15, 0.2) is 42.5 Å². The highest BCUT2D eigenvalue weighted by atomic mass is 19.1. The lowest BCUT2D eigenvalue weighted by Crippen LogP contribution is -1.99. The Morgan fingerprint density at radius 2 is 1.59 bits per heavy atom. The van der Waals surface area contributed by atoms with Gasteiger partial charge in [0.1, 0.15) is 17.4 Å². The second kappa shape index (κ2) is 5.01. The van der Waals surface area contributed by atoms with Crippen LogP contribution in [-0.4, -0.2) is 5.78 Å². The summed E-state index contributed by atoms with van der Waals surface area (Å²) in [7, 11) is 0. The second-order valence-electron chi connectivity index (χ2n) is 6.57. The molecule has 0 heterocycles. The number of benzene rings is 2. The fourth-order valence-electron chi connectivity index (χ4n) is 3.73. The van der Waals surface area contributed by atoms with Crippen LogP contribution in [-0.2, 0) is 4.79 Å². The smallest absolute Gasteiger partial charge is 0.134 e. The van der Waals surface area contributed by atoms with Crippen LogP contribution in [0, 0.1) is 23.0 Å². The Kier molecular flexibility index (Phi) is 3.39. The lowest BCUT2D eigenvalue weighted by Gasteiger charge is -2.12. The molecule has 0 spiro atoms. The highest BCUT2D eigenvalue weighted by molar-refractivity contribution is 5.85. The van der Waals surface area contributed by atoms with Crippen molar-refractivity contribution in [2.75, 3.05) is 0 Å². The number of carbonyl (C=O) groups excluding carboxylic acids is 1. The Balaban J connectivity index is 2.16. The molecule has 2 atom stereocenters.